The van der Waals surface area contributed by atoms with Gasteiger partial charge in [0.1, 0.15) is 6.67 Å². The fraction of sp³-hybridized carbons (Fsp3) is 0.413. The van der Waals surface area contributed by atoms with Crippen LogP contribution in [0.5, 0.6) is 0 Å². The zero-order chi connectivity index (χ0) is 35.8. The number of hydrogen-bond acceptors (Lipinski definition) is 3. The van der Waals surface area contributed by atoms with E-state index >= 15 is 0 Å². The second-order valence-electron chi connectivity index (χ2n) is 14.7. The third-order valence-corrected chi connectivity index (χ3v) is 17.6. The monoisotopic (exact) mass is 857 g/mol. The molecule has 0 bridgehead atoms. The maximum absolute atomic E-state index is 5.67. The summed E-state index contributed by atoms with van der Waals surface area (Å²) in [4.78, 5) is 2.24. The summed E-state index contributed by atoms with van der Waals surface area (Å²) < 4.78 is 1.92. The van der Waals surface area contributed by atoms with Crippen molar-refractivity contribution in [2.45, 2.75) is 113 Å². The van der Waals surface area contributed by atoms with Crippen molar-refractivity contribution in [3.8, 4) is 0 Å². The number of halogens is 2. The molecule has 0 radical (unpaired) electrons. The zero-order valence-electron chi connectivity index (χ0n) is 31.6. The van der Waals surface area contributed by atoms with Crippen LogP contribution in [-0.2, 0) is 13.5 Å². The van der Waals surface area contributed by atoms with Gasteiger partial charge in [-0.05, 0) is 101 Å². The van der Waals surface area contributed by atoms with E-state index in [1.165, 1.54) is 17.0 Å². The summed E-state index contributed by atoms with van der Waals surface area (Å²) in [7, 11) is 11.3. The molecule has 0 unspecified atom stereocenters. The number of rotatable bonds is 7. The van der Waals surface area contributed by atoms with E-state index in [0.717, 1.165) is 28.3 Å². The first-order valence-electron chi connectivity index (χ1n) is 19.7. The predicted octanol–water partition coefficient (Wildman–Crippen LogP) is 13.7. The first-order valence-corrected chi connectivity index (χ1v) is 26.9. The first kappa shape index (κ1) is 41.7. The molecule has 3 aliphatic carbocycles. The molecule has 53 heavy (non-hydrogen) atoms. The number of hydrogen-bond donors (Lipinski definition) is 0. The maximum Gasteiger partial charge on any atom is 0.162 e. The molecule has 0 aromatic heterocycles. The van der Waals surface area contributed by atoms with E-state index in [4.69, 9.17) is 24.5 Å². The molecule has 0 spiro atoms. The molecule has 3 saturated carbocycles. The minimum atomic E-state index is -1.61. The third kappa shape index (κ3) is 12.8. The van der Waals surface area contributed by atoms with Gasteiger partial charge in [-0.1, -0.05) is 86.0 Å². The number of hydrazone groups is 1. The summed E-state index contributed by atoms with van der Waals surface area (Å²) in [5, 5.41) is 6.90. The van der Waals surface area contributed by atoms with Crippen LogP contribution in [0.4, 0.5) is 11.4 Å². The van der Waals surface area contributed by atoms with E-state index in [-0.39, 0.29) is 15.3 Å². The molecule has 284 valence electrons. The number of nitrogens with zero attached hydrogens (tertiary/aromatic N) is 3. The van der Waals surface area contributed by atoms with Crippen molar-refractivity contribution in [3.63, 3.8) is 0 Å². The molecule has 0 amide bonds. The molecule has 4 aromatic carbocycles. The van der Waals surface area contributed by atoms with E-state index in [0.29, 0.717) is 6.67 Å². The SMILES string of the molecule is C1CCC([PH+](C2CCCCC2)C2CCCCC2)CC1.[CH3+].[Cl][Ru]([Cl])=[CH]c1ccccc1.c1ccc(C2=NN(c3ccccc3)CN2c2ccccc2)cc1. The quantitative estimate of drug-likeness (QED) is 0.105. The van der Waals surface area contributed by atoms with Gasteiger partial charge in [0.25, 0.3) is 0 Å². The molecular weight excluding hydrogens is 797 g/mol. The van der Waals surface area contributed by atoms with Crippen molar-refractivity contribution >= 4 is 49.1 Å². The normalized spacial score (nSPS) is 18.5. The predicted molar refractivity (Wildman–Crippen MR) is 234 cm³/mol. The minimum Gasteiger partial charge on any atom is -0.304 e. The Hall–Kier alpha value is -2.48. The standard InChI is InChI=1S/C20H17N3.C18H33P.C7H6.CH3.2ClH.Ru/c1-4-10-17(11-5-1)20-21-23(19-14-8-3-9-15-19)16-22(20)18-12-6-2-7-13-18;1-4-10-16(11-5-1)19(17-12-6-2-7-13-17)18-14-8-3-9-15-18;1-7-5-3-2-4-6-7;;;;/h1-15H,16H2;16-18H,1-15H2;1-6H;1H3;2*1H;/q;;;+1;;;+2/p-1. The third-order valence-electron chi connectivity index (χ3n) is 11.1. The van der Waals surface area contributed by atoms with Gasteiger partial charge in [-0.25, -0.2) is 5.01 Å². The van der Waals surface area contributed by atoms with Gasteiger partial charge in [0.15, 0.2) is 5.84 Å². The molecule has 3 fully saturated rings. The summed E-state index contributed by atoms with van der Waals surface area (Å²) in [6.45, 7) is 0.707. The van der Waals surface area contributed by atoms with E-state index in [2.05, 4.69) is 53.4 Å². The van der Waals surface area contributed by atoms with Crippen LogP contribution < -0.4 is 9.91 Å². The fourth-order valence-corrected chi connectivity index (χ4v) is 15.7. The number of benzene rings is 4. The maximum atomic E-state index is 5.67. The van der Waals surface area contributed by atoms with Crippen LogP contribution in [0.3, 0.4) is 0 Å². The Morgan fingerprint density at radius 2 is 0.925 bits per heavy atom. The topological polar surface area (TPSA) is 18.8 Å². The molecule has 4 aromatic rings. The van der Waals surface area contributed by atoms with Gasteiger partial charge in [-0.15, -0.1) is 0 Å². The molecule has 0 atom stereocenters. The molecular formula is C46H60Cl2N3PRu+2. The van der Waals surface area contributed by atoms with Crippen LogP contribution >= 0.6 is 27.3 Å². The molecule has 8 rings (SSSR count). The van der Waals surface area contributed by atoms with Crippen LogP contribution in [-0.4, -0.2) is 34.1 Å². The molecule has 3 nitrogen and oxygen atoms in total. The van der Waals surface area contributed by atoms with E-state index < -0.39 is 13.5 Å². The Bertz CT molecular complexity index is 1590. The Balaban J connectivity index is 0.000000163. The molecule has 4 aliphatic rings. The van der Waals surface area contributed by atoms with Gasteiger partial charge in [0, 0.05) is 26.6 Å². The molecule has 1 aliphatic heterocycles. The van der Waals surface area contributed by atoms with Crippen LogP contribution in [0.1, 0.15) is 107 Å². The summed E-state index contributed by atoms with van der Waals surface area (Å²) in [5.74, 6) is 0.973. The van der Waals surface area contributed by atoms with Crippen molar-refractivity contribution in [2.24, 2.45) is 5.10 Å². The number of anilines is 2. The summed E-state index contributed by atoms with van der Waals surface area (Å²) in [6, 6.07) is 40.9. The first-order chi connectivity index (χ1) is 25.7. The van der Waals surface area contributed by atoms with Crippen LogP contribution in [0.15, 0.2) is 126 Å². The number of para-hydroxylation sites is 2. The second kappa shape index (κ2) is 22.8. The Morgan fingerprint density at radius 1 is 0.528 bits per heavy atom. The minimum absolute atomic E-state index is 0. The van der Waals surface area contributed by atoms with E-state index in [1.807, 2.05) is 82.4 Å². The van der Waals surface area contributed by atoms with Gasteiger partial charge < -0.3 is 4.90 Å². The van der Waals surface area contributed by atoms with Gasteiger partial charge in [-0.3, -0.25) is 0 Å². The van der Waals surface area contributed by atoms with Crippen molar-refractivity contribution < 1.29 is 13.5 Å². The Morgan fingerprint density at radius 3 is 1.36 bits per heavy atom. The Labute approximate surface area is 335 Å². The van der Waals surface area contributed by atoms with E-state index in [9.17, 15) is 0 Å². The smallest absolute Gasteiger partial charge is 0.162 e. The van der Waals surface area contributed by atoms with Crippen molar-refractivity contribution in [2.75, 3.05) is 16.6 Å². The average Bonchev–Trinajstić information content (AvgIpc) is 3.67. The van der Waals surface area contributed by atoms with Crippen LogP contribution in [0.2, 0.25) is 0 Å². The van der Waals surface area contributed by atoms with E-state index in [1.54, 1.807) is 96.3 Å². The van der Waals surface area contributed by atoms with Crippen molar-refractivity contribution in [1.29, 1.82) is 0 Å². The molecule has 1 heterocycles. The molecule has 0 N–H and O–H groups in total. The summed E-state index contributed by atoms with van der Waals surface area (Å²) in [5.41, 5.74) is 8.16. The zero-order valence-corrected chi connectivity index (χ0v) is 35.9. The molecule has 7 heteroatoms. The van der Waals surface area contributed by atoms with Crippen LogP contribution in [0, 0.1) is 7.43 Å². The van der Waals surface area contributed by atoms with Gasteiger partial charge in [0.05, 0.1) is 22.7 Å². The molecule has 0 saturated heterocycles. The second-order valence-corrected chi connectivity index (χ2v) is 23.8. The summed E-state index contributed by atoms with van der Waals surface area (Å²) in [6.07, 6.45) is 23.8. The van der Waals surface area contributed by atoms with Crippen molar-refractivity contribution in [1.82, 2.24) is 0 Å². The van der Waals surface area contributed by atoms with Gasteiger partial charge in [0.2, 0.25) is 0 Å². The Kier molecular flexibility index (Phi) is 17.9. The average molecular weight is 858 g/mol. The summed E-state index contributed by atoms with van der Waals surface area (Å²) >= 11 is -1.61. The fourth-order valence-electron chi connectivity index (χ4n) is 8.67. The van der Waals surface area contributed by atoms with Gasteiger partial charge in [-0.2, -0.15) is 5.10 Å². The van der Waals surface area contributed by atoms with Crippen LogP contribution in [0.25, 0.3) is 0 Å². The van der Waals surface area contributed by atoms with Crippen molar-refractivity contribution in [3.05, 3.63) is 140 Å². The number of amidine groups is 1. The largest absolute Gasteiger partial charge is 0.304 e. The van der Waals surface area contributed by atoms with Gasteiger partial charge >= 0.3 is 73.4 Å².